The number of nitrogens with zero attached hydrogens (tertiary/aromatic N) is 2. The summed E-state index contributed by atoms with van der Waals surface area (Å²) in [5.74, 6) is 1.77. The Morgan fingerprint density at radius 3 is 2.76 bits per heavy atom. The fourth-order valence-corrected chi connectivity index (χ4v) is 5.36. The Labute approximate surface area is 171 Å². The Bertz CT molecular complexity index is 1070. The summed E-state index contributed by atoms with van der Waals surface area (Å²) in [6, 6.07) is 7.79. The van der Waals surface area contributed by atoms with Crippen LogP contribution in [-0.2, 0) is 6.54 Å². The molecule has 0 radical (unpaired) electrons. The van der Waals surface area contributed by atoms with E-state index in [9.17, 15) is 14.3 Å². The number of likely N-dealkylation sites (tertiary alicyclic amines) is 1. The molecule has 152 valence electrons. The molecule has 0 amide bonds. The van der Waals surface area contributed by atoms with E-state index in [-0.39, 0.29) is 17.5 Å². The van der Waals surface area contributed by atoms with Crippen molar-refractivity contribution in [3.05, 3.63) is 57.7 Å². The summed E-state index contributed by atoms with van der Waals surface area (Å²) in [6.07, 6.45) is 0.608. The van der Waals surface area contributed by atoms with Crippen LogP contribution in [0.15, 0.2) is 40.5 Å². The van der Waals surface area contributed by atoms with Crippen LogP contribution in [0.25, 0.3) is 10.2 Å². The van der Waals surface area contributed by atoms with Gasteiger partial charge in [-0.2, -0.15) is 0 Å². The maximum atomic E-state index is 13.1. The fourth-order valence-electron chi connectivity index (χ4n) is 4.64. The van der Waals surface area contributed by atoms with Crippen LogP contribution in [0.5, 0.6) is 5.75 Å². The first kappa shape index (κ1) is 18.7. The quantitative estimate of drug-likeness (QED) is 0.685. The van der Waals surface area contributed by atoms with Crippen molar-refractivity contribution in [3.8, 4) is 5.75 Å². The van der Waals surface area contributed by atoms with Gasteiger partial charge in [0, 0.05) is 13.1 Å². The zero-order valence-corrected chi connectivity index (χ0v) is 16.6. The maximum absolute atomic E-state index is 13.1. The SMILES string of the molecule is O=c1[nH]c(CN2C[C@H]3C[C@@H](Oc4ccc(F)cc4)[C@H](O)C[C@H]3C2)nc2ccsc12. The lowest BCUT2D eigenvalue weighted by atomic mass is 9.78. The molecule has 2 fully saturated rings. The summed E-state index contributed by atoms with van der Waals surface area (Å²) in [6.45, 7) is 2.34. The van der Waals surface area contributed by atoms with Crippen LogP contribution in [0.3, 0.4) is 0 Å². The van der Waals surface area contributed by atoms with Crippen molar-refractivity contribution >= 4 is 21.6 Å². The second-order valence-corrected chi connectivity index (χ2v) is 8.93. The number of ether oxygens (including phenoxy) is 1. The van der Waals surface area contributed by atoms with Gasteiger partial charge in [0.1, 0.15) is 28.2 Å². The summed E-state index contributed by atoms with van der Waals surface area (Å²) in [5.41, 5.74) is 0.661. The van der Waals surface area contributed by atoms with Gasteiger partial charge in [0.05, 0.1) is 18.2 Å². The van der Waals surface area contributed by atoms with Crippen molar-refractivity contribution in [2.24, 2.45) is 11.8 Å². The minimum absolute atomic E-state index is 0.0835. The van der Waals surface area contributed by atoms with E-state index in [4.69, 9.17) is 4.74 Å². The topological polar surface area (TPSA) is 78.5 Å². The molecule has 2 aromatic heterocycles. The molecule has 0 spiro atoms. The molecule has 8 heteroatoms. The Hall–Kier alpha value is -2.29. The van der Waals surface area contributed by atoms with Gasteiger partial charge < -0.3 is 14.8 Å². The van der Waals surface area contributed by atoms with Gasteiger partial charge in [0.25, 0.3) is 5.56 Å². The van der Waals surface area contributed by atoms with E-state index in [0.717, 1.165) is 25.0 Å². The molecular formula is C21H22FN3O3S. The highest BCUT2D eigenvalue weighted by Crippen LogP contribution is 2.38. The maximum Gasteiger partial charge on any atom is 0.268 e. The lowest BCUT2D eigenvalue weighted by Gasteiger charge is -2.35. The number of nitrogens with one attached hydrogen (secondary N) is 1. The molecule has 1 aromatic carbocycles. The number of aliphatic hydroxyl groups excluding tert-OH is 1. The van der Waals surface area contributed by atoms with Crippen LogP contribution in [0.1, 0.15) is 18.7 Å². The monoisotopic (exact) mass is 415 g/mol. The zero-order valence-electron chi connectivity index (χ0n) is 15.8. The number of hydrogen-bond acceptors (Lipinski definition) is 6. The second-order valence-electron chi connectivity index (χ2n) is 8.01. The largest absolute Gasteiger partial charge is 0.488 e. The first-order chi connectivity index (χ1) is 14.0. The predicted octanol–water partition coefficient (Wildman–Crippen LogP) is 2.77. The van der Waals surface area contributed by atoms with Gasteiger partial charge in [-0.05, 0) is 60.4 Å². The third kappa shape index (κ3) is 3.80. The second kappa shape index (κ2) is 7.51. The summed E-state index contributed by atoms with van der Waals surface area (Å²) in [7, 11) is 0. The first-order valence-corrected chi connectivity index (χ1v) is 10.7. The molecule has 29 heavy (non-hydrogen) atoms. The Morgan fingerprint density at radius 1 is 1.21 bits per heavy atom. The lowest BCUT2D eigenvalue weighted by molar-refractivity contribution is -0.0231. The molecule has 1 saturated carbocycles. The van der Waals surface area contributed by atoms with Crippen molar-refractivity contribution in [2.45, 2.75) is 31.6 Å². The number of rotatable bonds is 4. The molecule has 1 aliphatic heterocycles. The van der Waals surface area contributed by atoms with Crippen LogP contribution in [-0.4, -0.2) is 45.3 Å². The number of hydrogen-bond donors (Lipinski definition) is 2. The number of aliphatic hydroxyl groups is 1. The summed E-state index contributed by atoms with van der Waals surface area (Å²) < 4.78 is 19.7. The summed E-state index contributed by atoms with van der Waals surface area (Å²) in [4.78, 5) is 22.0. The predicted molar refractivity (Wildman–Crippen MR) is 109 cm³/mol. The Kier molecular flexibility index (Phi) is 4.85. The fraction of sp³-hybridized carbons (Fsp3) is 0.429. The van der Waals surface area contributed by atoms with Crippen molar-refractivity contribution in [3.63, 3.8) is 0 Å². The first-order valence-electron chi connectivity index (χ1n) is 9.84. The van der Waals surface area contributed by atoms with Gasteiger partial charge in [0.15, 0.2) is 0 Å². The third-order valence-corrected chi connectivity index (χ3v) is 6.90. The van der Waals surface area contributed by atoms with Gasteiger partial charge in [-0.15, -0.1) is 11.3 Å². The average Bonchev–Trinajstić information content (AvgIpc) is 3.30. The van der Waals surface area contributed by atoms with Crippen LogP contribution in [0.2, 0.25) is 0 Å². The molecule has 0 bridgehead atoms. The van der Waals surface area contributed by atoms with E-state index in [2.05, 4.69) is 14.9 Å². The van der Waals surface area contributed by atoms with E-state index < -0.39 is 6.10 Å². The van der Waals surface area contributed by atoms with E-state index in [1.807, 2.05) is 11.4 Å². The number of H-pyrrole nitrogens is 1. The number of thiophene rings is 1. The molecule has 2 N–H and O–H groups in total. The molecule has 1 aliphatic carbocycles. The zero-order chi connectivity index (χ0) is 20.0. The van der Waals surface area contributed by atoms with Gasteiger partial charge in [-0.1, -0.05) is 0 Å². The van der Waals surface area contributed by atoms with Crippen molar-refractivity contribution < 1.29 is 14.2 Å². The molecule has 4 atom stereocenters. The van der Waals surface area contributed by atoms with Gasteiger partial charge >= 0.3 is 0 Å². The Balaban J connectivity index is 1.25. The molecule has 5 rings (SSSR count). The highest BCUT2D eigenvalue weighted by atomic mass is 32.1. The Morgan fingerprint density at radius 2 is 1.97 bits per heavy atom. The molecule has 2 aliphatic rings. The number of aromatic amines is 1. The number of fused-ring (bicyclic) bond motifs is 2. The van der Waals surface area contributed by atoms with Crippen molar-refractivity contribution in [1.82, 2.24) is 14.9 Å². The van der Waals surface area contributed by atoms with Gasteiger partial charge in [0.2, 0.25) is 0 Å². The minimum Gasteiger partial charge on any atom is -0.488 e. The highest BCUT2D eigenvalue weighted by molar-refractivity contribution is 7.17. The summed E-state index contributed by atoms with van der Waals surface area (Å²) in [5, 5.41) is 12.4. The van der Waals surface area contributed by atoms with E-state index in [0.29, 0.717) is 41.1 Å². The van der Waals surface area contributed by atoms with Gasteiger partial charge in [-0.3, -0.25) is 9.69 Å². The lowest BCUT2D eigenvalue weighted by Crippen LogP contribution is -2.42. The van der Waals surface area contributed by atoms with E-state index in [1.165, 1.54) is 23.5 Å². The highest BCUT2D eigenvalue weighted by Gasteiger charge is 2.42. The molecule has 3 aromatic rings. The smallest absolute Gasteiger partial charge is 0.268 e. The van der Waals surface area contributed by atoms with Crippen molar-refractivity contribution in [1.29, 1.82) is 0 Å². The average molecular weight is 415 g/mol. The number of halogens is 1. The molecule has 6 nitrogen and oxygen atoms in total. The third-order valence-electron chi connectivity index (χ3n) is 6.00. The minimum atomic E-state index is -0.540. The number of aromatic nitrogens is 2. The number of benzene rings is 1. The van der Waals surface area contributed by atoms with Crippen molar-refractivity contribution in [2.75, 3.05) is 13.1 Å². The van der Waals surface area contributed by atoms with Gasteiger partial charge in [-0.25, -0.2) is 9.37 Å². The molecule has 3 heterocycles. The van der Waals surface area contributed by atoms with Crippen LogP contribution < -0.4 is 10.3 Å². The van der Waals surface area contributed by atoms with Crippen LogP contribution in [0.4, 0.5) is 4.39 Å². The van der Waals surface area contributed by atoms with Crippen LogP contribution in [0, 0.1) is 17.7 Å². The molecule has 0 unspecified atom stereocenters. The van der Waals surface area contributed by atoms with E-state index >= 15 is 0 Å². The van der Waals surface area contributed by atoms with E-state index in [1.54, 1.807) is 12.1 Å². The van der Waals surface area contributed by atoms with Crippen LogP contribution >= 0.6 is 11.3 Å². The normalized spacial score (nSPS) is 27.2. The molecule has 1 saturated heterocycles. The standard InChI is InChI=1S/C21H22FN3O3S/c22-14-1-3-15(4-2-14)28-18-8-13-10-25(9-12(13)7-17(18)26)11-19-23-16-5-6-29-20(16)21(27)24-19/h1-6,12-13,17-18,26H,7-11H2,(H,23,24,27)/t12-,13+,17+,18+/m0/s1. The summed E-state index contributed by atoms with van der Waals surface area (Å²) >= 11 is 1.40. The molecular weight excluding hydrogens is 393 g/mol.